The van der Waals surface area contributed by atoms with Crippen LogP contribution in [0.1, 0.15) is 11.1 Å². The van der Waals surface area contributed by atoms with E-state index in [1.165, 1.54) is 12.1 Å². The summed E-state index contributed by atoms with van der Waals surface area (Å²) in [4.78, 5) is 8.36. The van der Waals surface area contributed by atoms with E-state index in [0.29, 0.717) is 22.7 Å². The topological polar surface area (TPSA) is 133 Å². The van der Waals surface area contributed by atoms with Gasteiger partial charge in [0.15, 0.2) is 0 Å². The molecule has 0 aromatic heterocycles. The van der Waals surface area contributed by atoms with Crippen LogP contribution in [0.2, 0.25) is 0 Å². The molecule has 12 heteroatoms. The number of terminal acetylenes is 1. The number of hydrogen-bond donors (Lipinski definition) is 3. The zero-order chi connectivity index (χ0) is 25.0. The third kappa shape index (κ3) is 6.50. The minimum atomic E-state index is -5.08. The number of benzene rings is 3. The molecule has 0 saturated heterocycles. The fourth-order valence-electron chi connectivity index (χ4n) is 2.72. The maximum atomic E-state index is 13.2. The number of nitrogens with two attached hydrogens (primary N) is 2. The summed E-state index contributed by atoms with van der Waals surface area (Å²) < 4.78 is 73.0. The summed E-state index contributed by atoms with van der Waals surface area (Å²) in [6.07, 6.45) is 0.198. The van der Waals surface area contributed by atoms with Crippen LogP contribution >= 0.6 is 0 Å². The molecule has 174 valence electrons. The molecule has 0 spiro atoms. The van der Waals surface area contributed by atoms with Gasteiger partial charge in [-0.25, -0.2) is 4.79 Å². The van der Waals surface area contributed by atoms with Crippen molar-refractivity contribution >= 4 is 38.3 Å². The Hall–Kier alpha value is -3.98. The van der Waals surface area contributed by atoms with Gasteiger partial charge in [-0.3, -0.25) is 0 Å². The van der Waals surface area contributed by atoms with E-state index >= 15 is 0 Å². The number of anilines is 2. The molecule has 0 aliphatic rings. The first kappa shape index (κ1) is 25.3. The van der Waals surface area contributed by atoms with Gasteiger partial charge in [0.05, 0.1) is 0 Å². The van der Waals surface area contributed by atoms with Gasteiger partial charge in [0.1, 0.15) is 17.3 Å². The third-order valence-electron chi connectivity index (χ3n) is 4.09. The standard InChI is InChI=1S/C19H15FN2O3S.C2HF3O2/c1-2-13-8-12(6-7-18(13)26(20,23)24)11-25-17-5-3-4-14-9-15(21)10-16(22)19(14)17;3-2(4,5)1(6)7/h1,3-10H,11,21-22H2;(H,6,7). The summed E-state index contributed by atoms with van der Waals surface area (Å²) in [5, 5.41) is 8.69. The number of fused-ring (bicyclic) bond motifs is 1. The Morgan fingerprint density at radius 2 is 1.76 bits per heavy atom. The van der Waals surface area contributed by atoms with Crippen molar-refractivity contribution < 1.29 is 40.1 Å². The number of halogens is 4. The maximum Gasteiger partial charge on any atom is 0.490 e. The number of alkyl halides is 3. The van der Waals surface area contributed by atoms with Crippen molar-refractivity contribution in [1.29, 1.82) is 0 Å². The molecular formula is C21H16F4N2O5S. The van der Waals surface area contributed by atoms with Crippen LogP contribution in [0.15, 0.2) is 53.4 Å². The lowest BCUT2D eigenvalue weighted by Gasteiger charge is -2.12. The molecule has 3 rings (SSSR count). The largest absolute Gasteiger partial charge is 0.490 e. The van der Waals surface area contributed by atoms with Crippen LogP contribution in [0.5, 0.6) is 5.75 Å². The summed E-state index contributed by atoms with van der Waals surface area (Å²) in [5.41, 5.74) is 13.4. The van der Waals surface area contributed by atoms with Gasteiger partial charge in [-0.1, -0.05) is 24.1 Å². The van der Waals surface area contributed by atoms with Gasteiger partial charge in [-0.2, -0.15) is 21.6 Å². The average Bonchev–Trinajstić information content (AvgIpc) is 2.70. The van der Waals surface area contributed by atoms with Crippen molar-refractivity contribution in [3.63, 3.8) is 0 Å². The molecule has 3 aromatic carbocycles. The maximum absolute atomic E-state index is 13.2. The number of carboxylic acid groups (broad SMARTS) is 1. The lowest BCUT2D eigenvalue weighted by molar-refractivity contribution is -0.192. The molecule has 0 saturated carbocycles. The molecular weight excluding hydrogens is 468 g/mol. The Bertz CT molecular complexity index is 1350. The fourth-order valence-corrected chi connectivity index (χ4v) is 3.34. The zero-order valence-corrected chi connectivity index (χ0v) is 17.4. The predicted molar refractivity (Wildman–Crippen MR) is 113 cm³/mol. The molecule has 0 radical (unpaired) electrons. The molecule has 0 atom stereocenters. The van der Waals surface area contributed by atoms with Crippen LogP contribution in [0, 0.1) is 12.3 Å². The molecule has 0 bridgehead atoms. The molecule has 0 heterocycles. The number of hydrogen-bond acceptors (Lipinski definition) is 6. The van der Waals surface area contributed by atoms with Crippen LogP contribution in [0.3, 0.4) is 0 Å². The number of nitrogen functional groups attached to an aromatic ring is 2. The van der Waals surface area contributed by atoms with Crippen molar-refractivity contribution in [3.8, 4) is 18.1 Å². The molecule has 0 aliphatic carbocycles. The lowest BCUT2D eigenvalue weighted by Crippen LogP contribution is -2.21. The molecule has 0 unspecified atom stereocenters. The molecule has 33 heavy (non-hydrogen) atoms. The fraction of sp³-hybridized carbons (Fsp3) is 0.0952. The van der Waals surface area contributed by atoms with E-state index in [1.54, 1.807) is 18.2 Å². The highest BCUT2D eigenvalue weighted by atomic mass is 32.3. The SMILES string of the molecule is C#Cc1cc(COc2cccc3cc(N)cc(N)c23)ccc1S(=O)(=O)F.O=C(O)C(F)(F)F. The Balaban J connectivity index is 0.000000479. The van der Waals surface area contributed by atoms with E-state index in [1.807, 2.05) is 12.1 Å². The Kier molecular flexibility index (Phi) is 7.40. The van der Waals surface area contributed by atoms with Gasteiger partial charge in [-0.05, 0) is 41.3 Å². The minimum absolute atomic E-state index is 0.0567. The first-order valence-electron chi connectivity index (χ1n) is 8.79. The Morgan fingerprint density at radius 1 is 1.12 bits per heavy atom. The first-order chi connectivity index (χ1) is 15.2. The molecule has 5 N–H and O–H groups in total. The highest BCUT2D eigenvalue weighted by molar-refractivity contribution is 7.86. The normalized spacial score (nSPS) is 11.2. The second-order valence-corrected chi connectivity index (χ2v) is 7.78. The van der Waals surface area contributed by atoms with E-state index in [9.17, 15) is 25.5 Å². The summed E-state index contributed by atoms with van der Waals surface area (Å²) >= 11 is 0. The van der Waals surface area contributed by atoms with E-state index in [-0.39, 0.29) is 12.2 Å². The zero-order valence-electron chi connectivity index (χ0n) is 16.6. The second kappa shape index (κ2) is 9.66. The molecule has 0 fully saturated rings. The molecule has 0 amide bonds. The van der Waals surface area contributed by atoms with Crippen molar-refractivity contribution in [2.45, 2.75) is 17.7 Å². The first-order valence-corrected chi connectivity index (χ1v) is 10.2. The van der Waals surface area contributed by atoms with Gasteiger partial charge in [0.2, 0.25) is 0 Å². The van der Waals surface area contributed by atoms with Crippen molar-refractivity contribution in [3.05, 3.63) is 59.7 Å². The molecule has 7 nitrogen and oxygen atoms in total. The summed E-state index contributed by atoms with van der Waals surface area (Å²) in [7, 11) is -4.88. The summed E-state index contributed by atoms with van der Waals surface area (Å²) in [5.74, 6) is -0.0341. The number of rotatable bonds is 4. The van der Waals surface area contributed by atoms with Gasteiger partial charge in [0.25, 0.3) is 0 Å². The second-order valence-electron chi connectivity index (χ2n) is 6.47. The van der Waals surface area contributed by atoms with Crippen LogP contribution in [0.25, 0.3) is 10.8 Å². The van der Waals surface area contributed by atoms with Crippen LogP contribution in [-0.2, 0) is 21.6 Å². The monoisotopic (exact) mass is 484 g/mol. The molecule has 0 aliphatic heterocycles. The van der Waals surface area contributed by atoms with Crippen LogP contribution in [0.4, 0.5) is 28.4 Å². The van der Waals surface area contributed by atoms with E-state index < -0.39 is 27.3 Å². The summed E-state index contributed by atoms with van der Waals surface area (Å²) in [6, 6.07) is 12.8. The van der Waals surface area contributed by atoms with Gasteiger partial charge in [-0.15, -0.1) is 10.3 Å². The van der Waals surface area contributed by atoms with E-state index in [4.69, 9.17) is 32.5 Å². The molecule has 3 aromatic rings. The Labute approximate surface area is 185 Å². The lowest BCUT2D eigenvalue weighted by atomic mass is 10.1. The third-order valence-corrected chi connectivity index (χ3v) is 4.97. The van der Waals surface area contributed by atoms with Crippen molar-refractivity contribution in [1.82, 2.24) is 0 Å². The number of carboxylic acids is 1. The quantitative estimate of drug-likeness (QED) is 0.222. The van der Waals surface area contributed by atoms with Crippen LogP contribution < -0.4 is 16.2 Å². The minimum Gasteiger partial charge on any atom is -0.488 e. The highest BCUT2D eigenvalue weighted by Crippen LogP contribution is 2.33. The van der Waals surface area contributed by atoms with Crippen LogP contribution in [-0.4, -0.2) is 25.7 Å². The number of carbonyl (C=O) groups is 1. The smallest absolute Gasteiger partial charge is 0.488 e. The van der Waals surface area contributed by atoms with Crippen molar-refractivity contribution in [2.24, 2.45) is 0 Å². The predicted octanol–water partition coefficient (Wildman–Crippen LogP) is 3.86. The average molecular weight is 484 g/mol. The highest BCUT2D eigenvalue weighted by Gasteiger charge is 2.38. The Morgan fingerprint density at radius 3 is 2.30 bits per heavy atom. The van der Waals surface area contributed by atoms with E-state index in [2.05, 4.69) is 5.92 Å². The van der Waals surface area contributed by atoms with Gasteiger partial charge >= 0.3 is 22.4 Å². The summed E-state index contributed by atoms with van der Waals surface area (Å²) in [6.45, 7) is 0.101. The van der Waals surface area contributed by atoms with Gasteiger partial charge < -0.3 is 21.3 Å². The van der Waals surface area contributed by atoms with E-state index in [0.717, 1.165) is 16.8 Å². The number of ether oxygens (including phenoxy) is 1. The van der Waals surface area contributed by atoms with Gasteiger partial charge in [0, 0.05) is 22.3 Å². The number of aliphatic carboxylic acids is 1. The van der Waals surface area contributed by atoms with Crippen molar-refractivity contribution in [2.75, 3.05) is 11.5 Å².